The number of aryl methyl sites for hydroxylation is 1. The number of halogens is 1. The summed E-state index contributed by atoms with van der Waals surface area (Å²) in [6.45, 7) is 0.522. The lowest BCUT2D eigenvalue weighted by Gasteiger charge is -2.35. The molecule has 126 valence electrons. The van der Waals surface area contributed by atoms with Gasteiger partial charge in [-0.25, -0.2) is 4.39 Å². The van der Waals surface area contributed by atoms with E-state index in [1.54, 1.807) is 12.1 Å². The summed E-state index contributed by atoms with van der Waals surface area (Å²) < 4.78 is 24.9. The molecule has 0 unspecified atom stereocenters. The topological polar surface area (TPSA) is 37.4 Å². The van der Waals surface area contributed by atoms with Gasteiger partial charge in [0.05, 0.1) is 6.04 Å². The first-order valence-electron chi connectivity index (χ1n) is 8.07. The van der Waals surface area contributed by atoms with Crippen molar-refractivity contribution in [2.45, 2.75) is 18.9 Å². The molecule has 1 heterocycles. The Hall–Kier alpha value is -2.01. The number of hydrogen-bond acceptors (Lipinski definition) is 2. The van der Waals surface area contributed by atoms with Gasteiger partial charge >= 0.3 is 0 Å². The van der Waals surface area contributed by atoms with Crippen molar-refractivity contribution in [1.82, 2.24) is 4.90 Å². The highest BCUT2D eigenvalue weighted by Crippen LogP contribution is 2.26. The van der Waals surface area contributed by atoms with Gasteiger partial charge in [0.1, 0.15) is 5.82 Å². The molecule has 0 radical (unpaired) electrons. The van der Waals surface area contributed by atoms with Crippen LogP contribution in [-0.4, -0.2) is 33.1 Å². The van der Waals surface area contributed by atoms with Crippen molar-refractivity contribution in [2.24, 2.45) is 0 Å². The fourth-order valence-corrected chi connectivity index (χ4v) is 4.29. The summed E-state index contributed by atoms with van der Waals surface area (Å²) >= 11 is 0. The van der Waals surface area contributed by atoms with Crippen LogP contribution in [0.15, 0.2) is 54.6 Å². The molecule has 1 amide bonds. The van der Waals surface area contributed by atoms with Gasteiger partial charge in [0.2, 0.25) is 5.91 Å². The molecule has 0 aliphatic carbocycles. The van der Waals surface area contributed by atoms with Crippen LogP contribution in [0, 0.1) is 5.82 Å². The second-order valence-electron chi connectivity index (χ2n) is 5.95. The molecule has 0 N–H and O–H groups in total. The maximum Gasteiger partial charge on any atom is 0.223 e. The molecule has 2 aromatic carbocycles. The standard InChI is InChI=1S/C19H20FNO2S/c20-17-9-6-15(7-10-17)8-11-19(22)21-12-13-24(23)14-18(21)16-4-2-1-3-5-16/h1-7,9-10,18H,8,11-14H2/t18-,24+/m0/s1. The van der Waals surface area contributed by atoms with Gasteiger partial charge < -0.3 is 4.90 Å². The van der Waals surface area contributed by atoms with Crippen molar-refractivity contribution >= 4 is 16.7 Å². The molecule has 3 rings (SSSR count). The Balaban J connectivity index is 1.69. The van der Waals surface area contributed by atoms with Gasteiger partial charge in [-0.1, -0.05) is 42.5 Å². The van der Waals surface area contributed by atoms with Crippen LogP contribution in [0.3, 0.4) is 0 Å². The summed E-state index contributed by atoms with van der Waals surface area (Å²) in [7, 11) is -0.886. The Bertz CT molecular complexity index is 718. The highest BCUT2D eigenvalue weighted by molar-refractivity contribution is 7.85. The van der Waals surface area contributed by atoms with Crippen LogP contribution < -0.4 is 0 Å². The van der Waals surface area contributed by atoms with E-state index >= 15 is 0 Å². The van der Waals surface area contributed by atoms with Gasteiger partial charge in [-0.05, 0) is 29.7 Å². The molecule has 0 spiro atoms. The maximum atomic E-state index is 12.9. The highest BCUT2D eigenvalue weighted by Gasteiger charge is 2.30. The molecule has 1 saturated heterocycles. The first-order valence-corrected chi connectivity index (χ1v) is 9.56. The largest absolute Gasteiger partial charge is 0.334 e. The fraction of sp³-hybridized carbons (Fsp3) is 0.316. The van der Waals surface area contributed by atoms with Crippen molar-refractivity contribution < 1.29 is 13.4 Å². The van der Waals surface area contributed by atoms with Crippen LogP contribution >= 0.6 is 0 Å². The normalized spacial score (nSPS) is 20.8. The average Bonchev–Trinajstić information content (AvgIpc) is 2.61. The SMILES string of the molecule is O=C(CCc1ccc(F)cc1)N1CC[S@@](=O)C[C@H]1c1ccccc1. The third-order valence-corrected chi connectivity index (χ3v) is 5.65. The van der Waals surface area contributed by atoms with Gasteiger partial charge in [0.15, 0.2) is 0 Å². The smallest absolute Gasteiger partial charge is 0.223 e. The fourth-order valence-electron chi connectivity index (χ4n) is 3.00. The van der Waals surface area contributed by atoms with Crippen LogP contribution in [0.5, 0.6) is 0 Å². The quantitative estimate of drug-likeness (QED) is 0.854. The predicted molar refractivity (Wildman–Crippen MR) is 93.5 cm³/mol. The second kappa shape index (κ2) is 7.71. The van der Waals surface area contributed by atoms with Gasteiger partial charge in [-0.3, -0.25) is 9.00 Å². The van der Waals surface area contributed by atoms with E-state index in [1.165, 1.54) is 12.1 Å². The average molecular weight is 345 g/mol. The Kier molecular flexibility index (Phi) is 5.41. The van der Waals surface area contributed by atoms with Crippen molar-refractivity contribution in [3.05, 3.63) is 71.5 Å². The molecule has 3 nitrogen and oxygen atoms in total. The van der Waals surface area contributed by atoms with Crippen LogP contribution in [0.2, 0.25) is 0 Å². The minimum atomic E-state index is -0.886. The number of carbonyl (C=O) groups is 1. The summed E-state index contributed by atoms with van der Waals surface area (Å²) in [5.74, 6) is 0.815. The molecular weight excluding hydrogens is 325 g/mol. The van der Waals surface area contributed by atoms with E-state index < -0.39 is 10.8 Å². The zero-order valence-electron chi connectivity index (χ0n) is 13.4. The van der Waals surface area contributed by atoms with Crippen LogP contribution in [0.4, 0.5) is 4.39 Å². The van der Waals surface area contributed by atoms with E-state index in [2.05, 4.69) is 0 Å². The van der Waals surface area contributed by atoms with Crippen LogP contribution in [-0.2, 0) is 22.0 Å². The van der Waals surface area contributed by atoms with Crippen molar-refractivity contribution in [3.63, 3.8) is 0 Å². The number of benzene rings is 2. The summed E-state index contributed by atoms with van der Waals surface area (Å²) in [6, 6.07) is 15.9. The minimum absolute atomic E-state index is 0.0601. The summed E-state index contributed by atoms with van der Waals surface area (Å²) in [6.07, 6.45) is 0.960. The number of rotatable bonds is 4. The maximum absolute atomic E-state index is 12.9. The number of amides is 1. The predicted octanol–water partition coefficient (Wildman–Crippen LogP) is 3.09. The number of nitrogens with zero attached hydrogens (tertiary/aromatic N) is 1. The summed E-state index contributed by atoms with van der Waals surface area (Å²) in [5.41, 5.74) is 1.97. The molecule has 1 fully saturated rings. The molecule has 24 heavy (non-hydrogen) atoms. The van der Waals surface area contributed by atoms with Crippen molar-refractivity contribution in [1.29, 1.82) is 0 Å². The number of hydrogen-bond donors (Lipinski definition) is 0. The Morgan fingerprint density at radius 3 is 2.54 bits per heavy atom. The molecule has 1 aliphatic heterocycles. The van der Waals surface area contributed by atoms with Crippen LogP contribution in [0.25, 0.3) is 0 Å². The lowest BCUT2D eigenvalue weighted by atomic mass is 10.0. The van der Waals surface area contributed by atoms with E-state index in [0.717, 1.165) is 11.1 Å². The van der Waals surface area contributed by atoms with E-state index in [9.17, 15) is 13.4 Å². The van der Waals surface area contributed by atoms with E-state index in [0.29, 0.717) is 30.9 Å². The number of carbonyl (C=O) groups excluding carboxylic acids is 1. The van der Waals surface area contributed by atoms with Gasteiger partial charge in [0.25, 0.3) is 0 Å². The van der Waals surface area contributed by atoms with Crippen LogP contribution in [0.1, 0.15) is 23.6 Å². The van der Waals surface area contributed by atoms with Gasteiger partial charge in [-0.15, -0.1) is 0 Å². The first kappa shape index (κ1) is 16.8. The lowest BCUT2D eigenvalue weighted by molar-refractivity contribution is -0.133. The lowest BCUT2D eigenvalue weighted by Crippen LogP contribution is -2.44. The molecule has 1 aliphatic rings. The third-order valence-electron chi connectivity index (χ3n) is 4.33. The first-order chi connectivity index (χ1) is 11.6. The molecule has 0 saturated carbocycles. The summed E-state index contributed by atoms with van der Waals surface area (Å²) in [4.78, 5) is 14.5. The molecule has 0 aromatic heterocycles. The Labute approximate surface area is 143 Å². The minimum Gasteiger partial charge on any atom is -0.334 e. The Morgan fingerprint density at radius 1 is 1.12 bits per heavy atom. The molecule has 0 bridgehead atoms. The molecule has 2 aromatic rings. The third kappa shape index (κ3) is 4.09. The zero-order chi connectivity index (χ0) is 16.9. The summed E-state index contributed by atoms with van der Waals surface area (Å²) in [5, 5.41) is 0. The van der Waals surface area contributed by atoms with E-state index in [1.807, 2.05) is 35.2 Å². The zero-order valence-corrected chi connectivity index (χ0v) is 14.2. The van der Waals surface area contributed by atoms with Crippen molar-refractivity contribution in [3.8, 4) is 0 Å². The highest BCUT2D eigenvalue weighted by atomic mass is 32.2. The second-order valence-corrected chi connectivity index (χ2v) is 7.57. The Morgan fingerprint density at radius 2 is 1.83 bits per heavy atom. The van der Waals surface area contributed by atoms with Gasteiger partial charge in [0, 0.05) is 35.3 Å². The molecular formula is C19H20FNO2S. The molecule has 2 atom stereocenters. The molecule has 5 heteroatoms. The van der Waals surface area contributed by atoms with Gasteiger partial charge in [-0.2, -0.15) is 0 Å². The van der Waals surface area contributed by atoms with E-state index in [-0.39, 0.29) is 17.8 Å². The van der Waals surface area contributed by atoms with Crippen molar-refractivity contribution in [2.75, 3.05) is 18.1 Å². The van der Waals surface area contributed by atoms with E-state index in [4.69, 9.17) is 0 Å². The monoisotopic (exact) mass is 345 g/mol.